The number of alkyl carbamates (subject to hydrolysis) is 2. The quantitative estimate of drug-likeness (QED) is 0.0386. The molecule has 0 aromatic heterocycles. The van der Waals surface area contributed by atoms with Gasteiger partial charge in [0.2, 0.25) is 0 Å². The van der Waals surface area contributed by atoms with Gasteiger partial charge in [-0.1, -0.05) is 194 Å². The van der Waals surface area contributed by atoms with Crippen LogP contribution in [-0.4, -0.2) is 215 Å². The Morgan fingerprint density at radius 1 is 0.491 bits per heavy atom. The summed E-state index contributed by atoms with van der Waals surface area (Å²) in [6.07, 6.45) is 7.25. The Kier molecular flexibility index (Phi) is 151. The summed E-state index contributed by atoms with van der Waals surface area (Å²) in [5, 5.41) is 7.54. The molecule has 670 valence electrons. The molecule has 1 aliphatic heterocycles. The predicted molar refractivity (Wildman–Crippen MR) is 469 cm³/mol. The second kappa shape index (κ2) is 115. The van der Waals surface area contributed by atoms with E-state index in [0.717, 1.165) is 69.0 Å². The highest BCUT2D eigenvalue weighted by Crippen LogP contribution is 2.19. The van der Waals surface area contributed by atoms with E-state index < -0.39 is 12.2 Å². The Hall–Kier alpha value is -6.69. The number of alkyl halides is 1. The first-order chi connectivity index (χ1) is 48.3. The molecule has 5 aromatic rings. The van der Waals surface area contributed by atoms with Gasteiger partial charge in [0.05, 0.1) is 79.3 Å². The Morgan fingerprint density at radius 3 is 1.29 bits per heavy atom. The number of methoxy groups -OCH3 is 13. The fourth-order valence-corrected chi connectivity index (χ4v) is 7.15. The van der Waals surface area contributed by atoms with Gasteiger partial charge in [-0.3, -0.25) is 4.79 Å². The minimum absolute atomic E-state index is 0. The van der Waals surface area contributed by atoms with E-state index in [1.54, 1.807) is 121 Å². The predicted octanol–water partition coefficient (Wildman–Crippen LogP) is 21.3. The number of rotatable bonds is 24. The minimum Gasteiger partial charge on any atom is -0.453 e. The maximum absolute atomic E-state index is 12.7. The van der Waals surface area contributed by atoms with Crippen LogP contribution in [0.2, 0.25) is 0 Å². The molecule has 7 rings (SSSR count). The first-order valence-electron chi connectivity index (χ1n) is 32.8. The summed E-state index contributed by atoms with van der Waals surface area (Å²) in [5.41, 5.74) is 5.35. The molecule has 21 nitrogen and oxygen atoms in total. The van der Waals surface area contributed by atoms with E-state index in [-0.39, 0.29) is 132 Å². The van der Waals surface area contributed by atoms with Gasteiger partial charge in [-0.2, -0.15) is 0 Å². The lowest BCUT2D eigenvalue weighted by Gasteiger charge is -2.21. The first-order valence-corrected chi connectivity index (χ1v) is 32.8. The van der Waals surface area contributed by atoms with Crippen molar-refractivity contribution in [1.29, 1.82) is 0 Å². The number of carbonyl (C=O) groups excluding carboxylic acids is 3. The van der Waals surface area contributed by atoms with Gasteiger partial charge in [0, 0.05) is 142 Å². The number of nitrogens with one attached hydrogen (secondary N) is 3. The average Bonchev–Trinajstić information content (AvgIpc) is 0.941. The molecule has 25 heteroatoms. The Labute approximate surface area is 685 Å². The summed E-state index contributed by atoms with van der Waals surface area (Å²) in [5.74, 6) is -0.697. The fraction of sp³-hybridized carbons (Fsp3) is 0.621. The van der Waals surface area contributed by atoms with Crippen molar-refractivity contribution in [2.24, 2.45) is 0 Å². The van der Waals surface area contributed by atoms with Crippen LogP contribution in [0.25, 0.3) is 0 Å². The normalized spacial score (nSPS) is 10.5. The third-order valence-corrected chi connectivity index (χ3v) is 12.6. The molecule has 1 aliphatic carbocycles. The third-order valence-electron chi connectivity index (χ3n) is 12.6. The molecule has 1 heterocycles. The molecule has 112 heavy (non-hydrogen) atoms. The number of amides is 3. The number of morpholine rings is 1. The van der Waals surface area contributed by atoms with E-state index in [2.05, 4.69) is 70.6 Å². The van der Waals surface area contributed by atoms with E-state index in [4.69, 9.17) is 42.6 Å². The molecule has 1 unspecified atom stereocenters. The van der Waals surface area contributed by atoms with Gasteiger partial charge in [0.25, 0.3) is 5.91 Å². The number of benzene rings is 5. The van der Waals surface area contributed by atoms with Gasteiger partial charge < -0.3 is 87.2 Å². The highest BCUT2D eigenvalue weighted by atomic mass is 19.1. The van der Waals surface area contributed by atoms with Crippen molar-refractivity contribution in [3.05, 3.63) is 178 Å². The number of ether oxygens (including phenoxy) is 14. The molecular formula is C87H172F4N4O17. The smallest absolute Gasteiger partial charge is 0.406 e. The zero-order chi connectivity index (χ0) is 76.1. The van der Waals surface area contributed by atoms with E-state index in [1.165, 1.54) is 82.9 Å². The summed E-state index contributed by atoms with van der Waals surface area (Å²) in [6, 6.07) is 36.8. The van der Waals surface area contributed by atoms with Crippen molar-refractivity contribution in [3.63, 3.8) is 0 Å². The standard InChI is InChI=1S/C10H13NO2.C9H12O.3C8H9FO.C6H13NO3.C6H12O.C5H11NO3.C5H11NO.C4H10O.C3H7FO.C3H8O.12CH4/c1-11-10(12)9-5-3-4-8(6-9)7-13-2;1-8(10-2)9-6-4-3-5-7-9;1-10-6-7-2-4-8(9)5-3-7;1-10-6-7-3-2-4-8(9)5-7;1-10-6-7-4-2-3-5-8(7)9;1-9-5-3-4-7-6(8)10-2;1-7-6-4-2-3-5-6;1-8-4-3-6-5(7)9-2;1-6-2-4-7-5-3-6;1-3-4-5-2;1-5-3-2-4;1-3-4-2;;;;;;;;;;;;/h3-6H,7H2,1-2H3,(H,11,12);3-8H,1-2H3;3*2-5H,6H2,1H3;3-5H2,1-2H3,(H,7,8);6H,2-5H2,1H3;3-4H2,1-2H3,(H,6,7);2-5H2,1H3;3-4H2,1-2H3;2-3H2,1H3;3H2,1-2H3;12*1H4. The van der Waals surface area contributed by atoms with Crippen molar-refractivity contribution in [2.45, 2.75) is 187 Å². The van der Waals surface area contributed by atoms with Crippen LogP contribution in [0.15, 0.2) is 127 Å². The molecule has 0 radical (unpaired) electrons. The number of hydrogen-bond acceptors (Lipinski definition) is 18. The summed E-state index contributed by atoms with van der Waals surface area (Å²) >= 11 is 0. The number of carbonyl (C=O) groups is 3. The lowest BCUT2D eigenvalue weighted by molar-refractivity contribution is 0.0503. The fourth-order valence-electron chi connectivity index (χ4n) is 7.15. The van der Waals surface area contributed by atoms with Crippen LogP contribution >= 0.6 is 0 Å². The molecule has 3 amide bonds. The van der Waals surface area contributed by atoms with Gasteiger partial charge in [0.15, 0.2) is 0 Å². The van der Waals surface area contributed by atoms with E-state index in [0.29, 0.717) is 70.0 Å². The summed E-state index contributed by atoms with van der Waals surface area (Å²) in [7, 11) is 24.3. The van der Waals surface area contributed by atoms with Crippen LogP contribution in [0.5, 0.6) is 0 Å². The summed E-state index contributed by atoms with van der Waals surface area (Å²) < 4.78 is 115. The SMILES string of the molecule is C.C.C.C.C.C.C.C.C.C.C.C.CCCOC.CCOC.CN1CCOCC1.CNC(=O)c1cccc(COC)c1.COC(C)c1ccccc1.COC1CCCC1.COCCCNC(=O)OC.COCCF.COCCNC(=O)OC.COCc1ccc(F)cc1.COCc1cccc(F)c1.COCc1ccccc1F. The van der Waals surface area contributed by atoms with E-state index >= 15 is 0 Å². The Morgan fingerprint density at radius 2 is 0.938 bits per heavy atom. The van der Waals surface area contributed by atoms with Gasteiger partial charge in [-0.25, -0.2) is 27.2 Å². The number of hydrogen-bond donors (Lipinski definition) is 3. The topological polar surface area (TPSA) is 220 Å². The maximum atomic E-state index is 12.7. The van der Waals surface area contributed by atoms with Crippen molar-refractivity contribution >= 4 is 18.1 Å². The number of nitrogens with zero attached hydrogens (tertiary/aromatic N) is 1. The van der Waals surface area contributed by atoms with Crippen LogP contribution in [0, 0.1) is 17.5 Å². The van der Waals surface area contributed by atoms with E-state index in [1.807, 2.05) is 56.3 Å². The molecule has 3 N–H and O–H groups in total. The molecule has 2 aliphatic rings. The van der Waals surface area contributed by atoms with Crippen LogP contribution < -0.4 is 16.0 Å². The van der Waals surface area contributed by atoms with Gasteiger partial charge in [0.1, 0.15) is 24.1 Å². The average molecular weight is 1620 g/mol. The highest BCUT2D eigenvalue weighted by Gasteiger charge is 2.12. The first kappa shape index (κ1) is 147. The van der Waals surface area contributed by atoms with E-state index in [9.17, 15) is 31.9 Å². The minimum atomic E-state index is -0.424. The van der Waals surface area contributed by atoms with Crippen molar-refractivity contribution in [3.8, 4) is 0 Å². The summed E-state index contributed by atoms with van der Waals surface area (Å²) in [4.78, 5) is 34.2. The molecular weight excluding hydrogens is 1450 g/mol. The summed E-state index contributed by atoms with van der Waals surface area (Å²) in [6.45, 7) is 15.8. The highest BCUT2D eigenvalue weighted by molar-refractivity contribution is 5.94. The molecule has 2 fully saturated rings. The lowest BCUT2D eigenvalue weighted by atomic mass is 10.1. The lowest BCUT2D eigenvalue weighted by Crippen LogP contribution is -2.32. The van der Waals surface area contributed by atoms with Gasteiger partial charge in [-0.15, -0.1) is 0 Å². The second-order valence-corrected chi connectivity index (χ2v) is 20.6. The Balaban J connectivity index is -0.0000000586. The van der Waals surface area contributed by atoms with Crippen LogP contribution in [0.1, 0.15) is 193 Å². The van der Waals surface area contributed by atoms with Crippen molar-refractivity contribution in [1.82, 2.24) is 20.9 Å². The molecule has 1 saturated heterocycles. The molecule has 1 saturated carbocycles. The van der Waals surface area contributed by atoms with Crippen LogP contribution in [-0.2, 0) is 92.7 Å². The largest absolute Gasteiger partial charge is 0.453 e. The van der Waals surface area contributed by atoms with Crippen molar-refractivity contribution < 1.29 is 98.3 Å². The van der Waals surface area contributed by atoms with Crippen LogP contribution in [0.3, 0.4) is 0 Å². The second-order valence-electron chi connectivity index (χ2n) is 20.6. The zero-order valence-electron chi connectivity index (χ0n) is 63.2. The Bertz CT molecular complexity index is 2520. The molecule has 5 aromatic carbocycles. The van der Waals surface area contributed by atoms with Gasteiger partial charge >= 0.3 is 12.2 Å². The number of likely N-dealkylation sites (N-methyl/N-ethyl adjacent to an activating group) is 1. The molecule has 0 bridgehead atoms. The zero-order valence-corrected chi connectivity index (χ0v) is 63.2. The van der Waals surface area contributed by atoms with Crippen molar-refractivity contribution in [2.75, 3.05) is 186 Å². The molecule has 1 atom stereocenters. The molecule has 0 spiro atoms. The third kappa shape index (κ3) is 101. The van der Waals surface area contributed by atoms with Gasteiger partial charge in [-0.05, 0) is 111 Å². The maximum Gasteiger partial charge on any atom is 0.406 e. The van der Waals surface area contributed by atoms with Crippen LogP contribution in [0.4, 0.5) is 27.2 Å². The number of halogens is 4. The monoisotopic (exact) mass is 1620 g/mol.